The average molecular weight is 486 g/mol. The van der Waals surface area contributed by atoms with Gasteiger partial charge in [0.05, 0.1) is 22.8 Å². The Kier molecular flexibility index (Phi) is 7.99. The second kappa shape index (κ2) is 11.1. The number of carbonyl (C=O) groups excluding carboxylic acids is 2. The first-order chi connectivity index (χ1) is 16.0. The molecule has 4 rings (SSSR count). The summed E-state index contributed by atoms with van der Waals surface area (Å²) in [4.78, 5) is 30.5. The summed E-state index contributed by atoms with van der Waals surface area (Å²) in [6.45, 7) is 4.15. The van der Waals surface area contributed by atoms with Crippen LogP contribution >= 0.6 is 22.9 Å². The number of hydrogen-bond acceptors (Lipinski definition) is 6. The van der Waals surface area contributed by atoms with Crippen molar-refractivity contribution in [2.75, 3.05) is 49.9 Å². The summed E-state index contributed by atoms with van der Waals surface area (Å²) in [5.41, 5.74) is 2.42. The van der Waals surface area contributed by atoms with Gasteiger partial charge in [-0.05, 0) is 43.4 Å². The maximum absolute atomic E-state index is 12.5. The summed E-state index contributed by atoms with van der Waals surface area (Å²) in [5, 5.41) is 16.6. The van der Waals surface area contributed by atoms with Crippen LogP contribution in [0.1, 0.15) is 35.3 Å². The molecule has 7 nitrogen and oxygen atoms in total. The van der Waals surface area contributed by atoms with Crippen molar-refractivity contribution in [1.82, 2.24) is 9.80 Å². The molecule has 0 saturated carbocycles. The molecule has 2 heterocycles. The minimum Gasteiger partial charge on any atom is -0.324 e. The number of fused-ring (bicyclic) bond motifs is 1. The minimum absolute atomic E-state index is 0.0494. The Morgan fingerprint density at radius 1 is 1.03 bits per heavy atom. The lowest BCUT2D eigenvalue weighted by molar-refractivity contribution is -0.117. The highest BCUT2D eigenvalue weighted by molar-refractivity contribution is 7.16. The summed E-state index contributed by atoms with van der Waals surface area (Å²) in [7, 11) is 0. The van der Waals surface area contributed by atoms with Crippen LogP contribution in [0.15, 0.2) is 24.3 Å². The van der Waals surface area contributed by atoms with Crippen LogP contribution in [0.4, 0.5) is 10.7 Å². The molecule has 1 aromatic heterocycles. The van der Waals surface area contributed by atoms with Crippen LogP contribution in [0.5, 0.6) is 0 Å². The van der Waals surface area contributed by atoms with E-state index in [-0.39, 0.29) is 11.8 Å². The van der Waals surface area contributed by atoms with E-state index in [2.05, 4.69) is 26.5 Å². The molecule has 0 spiro atoms. The lowest BCUT2D eigenvalue weighted by Crippen LogP contribution is -2.49. The van der Waals surface area contributed by atoms with Gasteiger partial charge in [-0.25, -0.2) is 0 Å². The quantitative estimate of drug-likeness (QED) is 0.623. The van der Waals surface area contributed by atoms with Gasteiger partial charge in [-0.3, -0.25) is 14.5 Å². The number of hydrogen-bond donors (Lipinski definition) is 2. The molecule has 174 valence electrons. The number of piperazine rings is 1. The second-order valence-electron chi connectivity index (χ2n) is 8.47. The van der Waals surface area contributed by atoms with Gasteiger partial charge in [0.1, 0.15) is 11.1 Å². The van der Waals surface area contributed by atoms with Crippen molar-refractivity contribution < 1.29 is 9.59 Å². The van der Waals surface area contributed by atoms with E-state index in [1.807, 2.05) is 12.1 Å². The lowest BCUT2D eigenvalue weighted by atomic mass is 9.96. The van der Waals surface area contributed by atoms with Crippen LogP contribution in [0, 0.1) is 11.3 Å². The number of thiophene rings is 1. The zero-order chi connectivity index (χ0) is 23.2. The van der Waals surface area contributed by atoms with Gasteiger partial charge in [-0.2, -0.15) is 5.26 Å². The summed E-state index contributed by atoms with van der Waals surface area (Å²) < 4.78 is 0. The monoisotopic (exact) mass is 485 g/mol. The van der Waals surface area contributed by atoms with Crippen molar-refractivity contribution in [3.05, 3.63) is 45.3 Å². The normalized spacial score (nSPS) is 16.6. The molecule has 2 amide bonds. The van der Waals surface area contributed by atoms with E-state index in [1.165, 1.54) is 4.88 Å². The van der Waals surface area contributed by atoms with Crippen LogP contribution in [-0.2, 0) is 22.4 Å². The topological polar surface area (TPSA) is 88.5 Å². The van der Waals surface area contributed by atoms with Crippen LogP contribution in [0.25, 0.3) is 0 Å². The van der Waals surface area contributed by atoms with Crippen molar-refractivity contribution in [3.8, 4) is 6.07 Å². The maximum Gasteiger partial charge on any atom is 0.238 e. The molecule has 1 saturated heterocycles. The molecule has 33 heavy (non-hydrogen) atoms. The SMILES string of the molecule is N#Cc1c(NC(=O)CCN2CCN(CC(=O)Nc3ccccc3Cl)CC2)sc2c1CCCC2. The number of halogens is 1. The molecule has 9 heteroatoms. The molecule has 0 atom stereocenters. The third kappa shape index (κ3) is 6.12. The van der Waals surface area contributed by atoms with Gasteiger partial charge in [-0.15, -0.1) is 11.3 Å². The van der Waals surface area contributed by atoms with E-state index >= 15 is 0 Å². The highest BCUT2D eigenvalue weighted by atomic mass is 35.5. The van der Waals surface area contributed by atoms with Crippen LogP contribution in [0.3, 0.4) is 0 Å². The number of amides is 2. The number of nitrogens with zero attached hydrogens (tertiary/aromatic N) is 3. The summed E-state index contributed by atoms with van der Waals surface area (Å²) in [5.74, 6) is -0.130. The van der Waals surface area contributed by atoms with Crippen molar-refractivity contribution in [2.24, 2.45) is 0 Å². The van der Waals surface area contributed by atoms with Gasteiger partial charge in [0.2, 0.25) is 11.8 Å². The molecular weight excluding hydrogens is 458 g/mol. The van der Waals surface area contributed by atoms with Crippen molar-refractivity contribution in [2.45, 2.75) is 32.1 Å². The first-order valence-corrected chi connectivity index (χ1v) is 12.6. The fourth-order valence-corrected chi connectivity index (χ4v) is 5.79. The lowest BCUT2D eigenvalue weighted by Gasteiger charge is -2.34. The Morgan fingerprint density at radius 2 is 1.76 bits per heavy atom. The van der Waals surface area contributed by atoms with Gasteiger partial charge in [0.15, 0.2) is 0 Å². The Labute approximate surface area is 203 Å². The van der Waals surface area contributed by atoms with Crippen molar-refractivity contribution in [3.63, 3.8) is 0 Å². The van der Waals surface area contributed by atoms with E-state index in [0.717, 1.165) is 57.4 Å². The van der Waals surface area contributed by atoms with E-state index in [9.17, 15) is 14.9 Å². The molecule has 2 aromatic rings. The molecule has 2 aliphatic rings. The van der Waals surface area contributed by atoms with Gasteiger partial charge in [-0.1, -0.05) is 23.7 Å². The summed E-state index contributed by atoms with van der Waals surface area (Å²) in [6.07, 6.45) is 4.59. The average Bonchev–Trinajstić information content (AvgIpc) is 3.17. The van der Waals surface area contributed by atoms with Crippen LogP contribution in [0.2, 0.25) is 5.02 Å². The van der Waals surface area contributed by atoms with E-state index < -0.39 is 0 Å². The molecule has 0 bridgehead atoms. The van der Waals surface area contributed by atoms with E-state index in [1.54, 1.807) is 23.5 Å². The number of anilines is 2. The second-order valence-corrected chi connectivity index (χ2v) is 9.98. The van der Waals surface area contributed by atoms with E-state index in [0.29, 0.717) is 40.8 Å². The predicted octanol–water partition coefficient (Wildman–Crippen LogP) is 3.74. The summed E-state index contributed by atoms with van der Waals surface area (Å²) >= 11 is 7.66. The van der Waals surface area contributed by atoms with Crippen LogP contribution < -0.4 is 10.6 Å². The van der Waals surface area contributed by atoms with Gasteiger partial charge in [0.25, 0.3) is 0 Å². The Bertz CT molecular complexity index is 1060. The van der Waals surface area contributed by atoms with Gasteiger partial charge in [0, 0.05) is 44.0 Å². The third-order valence-corrected chi connectivity index (χ3v) is 7.71. The largest absolute Gasteiger partial charge is 0.324 e. The molecule has 1 fully saturated rings. The molecule has 0 unspecified atom stereocenters. The minimum atomic E-state index is -0.0807. The number of benzene rings is 1. The first kappa shape index (κ1) is 23.7. The molecule has 1 aromatic carbocycles. The third-order valence-electron chi connectivity index (χ3n) is 6.17. The smallest absolute Gasteiger partial charge is 0.238 e. The van der Waals surface area contributed by atoms with E-state index in [4.69, 9.17) is 11.6 Å². The fraction of sp³-hybridized carbons (Fsp3) is 0.458. The first-order valence-electron chi connectivity index (χ1n) is 11.4. The fourth-order valence-electron chi connectivity index (χ4n) is 4.35. The maximum atomic E-state index is 12.5. The number of rotatable bonds is 7. The molecule has 2 N–H and O–H groups in total. The number of aryl methyl sites for hydroxylation is 1. The molecule has 0 radical (unpaired) electrons. The van der Waals surface area contributed by atoms with Crippen LogP contribution in [-0.4, -0.2) is 60.9 Å². The number of nitriles is 1. The zero-order valence-corrected chi connectivity index (χ0v) is 20.1. The number of para-hydroxylation sites is 1. The predicted molar refractivity (Wildman–Crippen MR) is 132 cm³/mol. The Morgan fingerprint density at radius 3 is 2.52 bits per heavy atom. The van der Waals surface area contributed by atoms with Crippen molar-refractivity contribution >= 4 is 45.4 Å². The Hall–Kier alpha value is -2.44. The van der Waals surface area contributed by atoms with Gasteiger partial charge < -0.3 is 15.5 Å². The molecule has 1 aliphatic heterocycles. The Balaban J connectivity index is 1.19. The van der Waals surface area contributed by atoms with Crippen molar-refractivity contribution in [1.29, 1.82) is 5.26 Å². The highest BCUT2D eigenvalue weighted by Crippen LogP contribution is 2.37. The standard InChI is InChI=1S/C24H28ClN5O2S/c25-19-6-2-3-7-20(19)27-23(32)16-30-13-11-29(12-14-30)10-9-22(31)28-24-18(15-26)17-5-1-4-8-21(17)33-24/h2-3,6-7H,1,4-5,8-14,16H2,(H,27,32)(H,28,31). The number of carbonyl (C=O) groups is 2. The molecular formula is C24H28ClN5O2S. The zero-order valence-electron chi connectivity index (χ0n) is 18.5. The number of nitrogens with one attached hydrogen (secondary N) is 2. The highest BCUT2D eigenvalue weighted by Gasteiger charge is 2.23. The van der Waals surface area contributed by atoms with Gasteiger partial charge >= 0.3 is 0 Å². The molecule has 1 aliphatic carbocycles. The summed E-state index contributed by atoms with van der Waals surface area (Å²) in [6, 6.07) is 9.49.